The van der Waals surface area contributed by atoms with Crippen LogP contribution in [0.1, 0.15) is 47.4 Å². The number of aryl methyl sites for hydroxylation is 1. The molecule has 10 nitrogen and oxygen atoms in total. The zero-order valence-corrected chi connectivity index (χ0v) is 19.8. The molecule has 2 N–H and O–H groups in total. The van der Waals surface area contributed by atoms with Crippen LogP contribution in [0.5, 0.6) is 11.5 Å². The van der Waals surface area contributed by atoms with Crippen LogP contribution < -0.4 is 14.8 Å². The number of aromatic nitrogens is 5. The van der Waals surface area contributed by atoms with Crippen molar-refractivity contribution in [2.75, 3.05) is 19.8 Å². The zero-order chi connectivity index (χ0) is 24.2. The van der Waals surface area contributed by atoms with Crippen molar-refractivity contribution in [3.63, 3.8) is 0 Å². The molecule has 1 aliphatic carbocycles. The molecule has 3 aromatic rings. The number of hydrogen-bond donors (Lipinski definition) is 2. The van der Waals surface area contributed by atoms with Gasteiger partial charge in [-0.15, -0.1) is 10.2 Å². The molecule has 3 heterocycles. The molecule has 0 radical (unpaired) electrons. The maximum absolute atomic E-state index is 12.9. The second-order valence-corrected chi connectivity index (χ2v) is 9.28. The van der Waals surface area contributed by atoms with Gasteiger partial charge in [-0.25, -0.2) is 4.98 Å². The van der Waals surface area contributed by atoms with E-state index in [1.807, 2.05) is 31.2 Å². The third kappa shape index (κ3) is 5.59. The summed E-state index contributed by atoms with van der Waals surface area (Å²) in [5.74, 6) is 2.51. The van der Waals surface area contributed by atoms with Gasteiger partial charge in [0.15, 0.2) is 11.5 Å². The highest BCUT2D eigenvalue weighted by Crippen LogP contribution is 2.31. The molecule has 2 aliphatic rings. The van der Waals surface area contributed by atoms with E-state index in [-0.39, 0.29) is 12.5 Å². The Morgan fingerprint density at radius 1 is 1.09 bits per heavy atom. The number of pyridine rings is 1. The molecule has 184 valence electrons. The lowest BCUT2D eigenvalue weighted by Gasteiger charge is -2.26. The molecular weight excluding hydrogens is 448 g/mol. The minimum absolute atomic E-state index is 0.270. The van der Waals surface area contributed by atoms with Gasteiger partial charge < -0.3 is 19.9 Å². The Hall–Kier alpha value is -3.53. The predicted octanol–water partition coefficient (Wildman–Crippen LogP) is 2.54. The van der Waals surface area contributed by atoms with Crippen molar-refractivity contribution >= 4 is 5.91 Å². The number of ether oxygens (including phenoxy) is 2. The lowest BCUT2D eigenvalue weighted by atomic mass is 9.82. The number of nitrogens with one attached hydrogen (secondary N) is 1. The van der Waals surface area contributed by atoms with Crippen LogP contribution in [0.2, 0.25) is 0 Å². The molecule has 1 amide bonds. The Labute approximate surface area is 203 Å². The fourth-order valence-electron chi connectivity index (χ4n) is 4.65. The van der Waals surface area contributed by atoms with Crippen molar-refractivity contribution < 1.29 is 19.4 Å². The largest absolute Gasteiger partial charge is 0.486 e. The lowest BCUT2D eigenvalue weighted by molar-refractivity contribution is 0.0945. The molecule has 0 atom stereocenters. The molecule has 0 unspecified atom stereocenters. The van der Waals surface area contributed by atoms with Gasteiger partial charge in [-0.2, -0.15) is 4.80 Å². The highest BCUT2D eigenvalue weighted by Gasteiger charge is 2.22. The maximum atomic E-state index is 12.9. The molecule has 0 saturated heterocycles. The fraction of sp³-hybridized carbons (Fsp3) is 0.480. The number of carbonyl (C=O) groups excluding carboxylic acids is 1. The molecule has 10 heteroatoms. The van der Waals surface area contributed by atoms with E-state index in [2.05, 4.69) is 25.7 Å². The fourth-order valence-corrected chi connectivity index (χ4v) is 4.65. The molecule has 0 spiro atoms. The normalized spacial score (nSPS) is 19.4. The van der Waals surface area contributed by atoms with E-state index in [1.165, 1.54) is 0 Å². The molecule has 2 aromatic heterocycles. The molecule has 5 rings (SSSR count). The molecule has 1 saturated carbocycles. The quantitative estimate of drug-likeness (QED) is 0.531. The molecule has 35 heavy (non-hydrogen) atoms. The Morgan fingerprint density at radius 2 is 1.86 bits per heavy atom. The van der Waals surface area contributed by atoms with E-state index < -0.39 is 0 Å². The van der Waals surface area contributed by atoms with Gasteiger partial charge >= 0.3 is 0 Å². The Bertz CT molecular complexity index is 1190. The van der Waals surface area contributed by atoms with Crippen molar-refractivity contribution in [1.82, 2.24) is 30.5 Å². The van der Waals surface area contributed by atoms with Gasteiger partial charge in [0.25, 0.3) is 5.91 Å². The Kier molecular flexibility index (Phi) is 6.89. The summed E-state index contributed by atoms with van der Waals surface area (Å²) in [6.45, 7) is 4.21. The number of rotatable bonds is 7. The number of benzene rings is 1. The minimum Gasteiger partial charge on any atom is -0.486 e. The number of aliphatic hydroxyl groups is 1. The first-order valence-corrected chi connectivity index (χ1v) is 12.1. The highest BCUT2D eigenvalue weighted by molar-refractivity contribution is 5.93. The molecular formula is C25H30N6O4. The second kappa shape index (κ2) is 10.4. The summed E-state index contributed by atoms with van der Waals surface area (Å²) in [6.07, 6.45) is 4.20. The van der Waals surface area contributed by atoms with Gasteiger partial charge in [0.05, 0.1) is 6.54 Å². The smallest absolute Gasteiger partial charge is 0.270 e. The standard InChI is InChI=1S/C25H30N6O4/c1-16-10-20(24-28-30-31(29-24)14-17-2-4-18(15-32)5-3-17)12-21(27-16)25(33)26-13-19-6-7-22-23(11-19)35-9-8-34-22/h6-7,10-12,17-18,32H,2-5,8-9,13-15H2,1H3,(H,26,33)/t17-,18-. The topological polar surface area (TPSA) is 124 Å². The first kappa shape index (κ1) is 23.2. The van der Waals surface area contributed by atoms with E-state index >= 15 is 0 Å². The monoisotopic (exact) mass is 478 g/mol. The summed E-state index contributed by atoms with van der Waals surface area (Å²) in [5.41, 5.74) is 2.62. The first-order valence-electron chi connectivity index (χ1n) is 12.1. The number of hydrogen-bond acceptors (Lipinski definition) is 8. The van der Waals surface area contributed by atoms with Crippen molar-refractivity contribution in [1.29, 1.82) is 0 Å². The maximum Gasteiger partial charge on any atom is 0.270 e. The van der Waals surface area contributed by atoms with Crippen LogP contribution in [-0.4, -0.2) is 56.0 Å². The van der Waals surface area contributed by atoms with Crippen molar-refractivity contribution in [2.45, 2.75) is 45.7 Å². The van der Waals surface area contributed by atoms with Crippen LogP contribution in [0.4, 0.5) is 0 Å². The third-order valence-electron chi connectivity index (χ3n) is 6.60. The Balaban J connectivity index is 1.23. The summed E-state index contributed by atoms with van der Waals surface area (Å²) < 4.78 is 11.2. The van der Waals surface area contributed by atoms with Crippen LogP contribution in [0.3, 0.4) is 0 Å². The van der Waals surface area contributed by atoms with Crippen molar-refractivity contribution in [3.8, 4) is 22.9 Å². The van der Waals surface area contributed by atoms with Gasteiger partial charge in [0.1, 0.15) is 18.9 Å². The highest BCUT2D eigenvalue weighted by atomic mass is 16.6. The van der Waals surface area contributed by atoms with E-state index in [0.717, 1.165) is 37.0 Å². The van der Waals surface area contributed by atoms with Crippen molar-refractivity contribution in [3.05, 3.63) is 47.3 Å². The summed E-state index contributed by atoms with van der Waals surface area (Å²) in [7, 11) is 0. The van der Waals surface area contributed by atoms with Gasteiger partial charge in [-0.05, 0) is 79.5 Å². The van der Waals surface area contributed by atoms with Crippen LogP contribution in [-0.2, 0) is 13.1 Å². The molecule has 1 aliphatic heterocycles. The number of amides is 1. The van der Waals surface area contributed by atoms with Crippen LogP contribution in [0, 0.1) is 18.8 Å². The average Bonchev–Trinajstić information content (AvgIpc) is 3.36. The van der Waals surface area contributed by atoms with E-state index in [1.54, 1.807) is 10.9 Å². The van der Waals surface area contributed by atoms with Gasteiger partial charge in [0, 0.05) is 24.4 Å². The Morgan fingerprint density at radius 3 is 2.66 bits per heavy atom. The van der Waals surface area contributed by atoms with Crippen molar-refractivity contribution in [2.24, 2.45) is 11.8 Å². The average molecular weight is 479 g/mol. The minimum atomic E-state index is -0.280. The van der Waals surface area contributed by atoms with Crippen LogP contribution in [0.15, 0.2) is 30.3 Å². The van der Waals surface area contributed by atoms with E-state index in [9.17, 15) is 9.90 Å². The summed E-state index contributed by atoms with van der Waals surface area (Å²) in [5, 5.41) is 25.2. The van der Waals surface area contributed by atoms with Crippen LogP contribution >= 0.6 is 0 Å². The number of aliphatic hydroxyl groups excluding tert-OH is 1. The summed E-state index contributed by atoms with van der Waals surface area (Å²) in [6, 6.07) is 9.18. The predicted molar refractivity (Wildman–Crippen MR) is 127 cm³/mol. The molecule has 1 fully saturated rings. The third-order valence-corrected chi connectivity index (χ3v) is 6.60. The molecule has 1 aromatic carbocycles. The summed E-state index contributed by atoms with van der Waals surface area (Å²) in [4.78, 5) is 18.9. The van der Waals surface area contributed by atoms with Gasteiger partial charge in [0.2, 0.25) is 5.82 Å². The van der Waals surface area contributed by atoms with Gasteiger partial charge in [-0.3, -0.25) is 4.79 Å². The van der Waals surface area contributed by atoms with E-state index in [0.29, 0.717) is 66.7 Å². The second-order valence-electron chi connectivity index (χ2n) is 9.28. The first-order chi connectivity index (χ1) is 17.1. The summed E-state index contributed by atoms with van der Waals surface area (Å²) >= 11 is 0. The van der Waals surface area contributed by atoms with Gasteiger partial charge in [-0.1, -0.05) is 6.07 Å². The van der Waals surface area contributed by atoms with Crippen LogP contribution in [0.25, 0.3) is 11.4 Å². The number of carbonyl (C=O) groups is 1. The number of fused-ring (bicyclic) bond motifs is 1. The lowest BCUT2D eigenvalue weighted by Crippen LogP contribution is -2.24. The SMILES string of the molecule is Cc1cc(-c2nnn(C[C@H]3CC[C@H](CO)CC3)n2)cc(C(=O)NCc2ccc3c(c2)OCCO3)n1. The van der Waals surface area contributed by atoms with E-state index in [4.69, 9.17) is 9.47 Å². The molecule has 0 bridgehead atoms. The number of tetrazole rings is 1. The zero-order valence-electron chi connectivity index (χ0n) is 19.8. The number of nitrogens with zero attached hydrogens (tertiary/aromatic N) is 5.